The van der Waals surface area contributed by atoms with E-state index in [0.29, 0.717) is 6.42 Å². The Labute approximate surface area is 62.1 Å². The molecule has 0 aliphatic heterocycles. The Morgan fingerprint density at radius 1 is 1.70 bits per heavy atom. The lowest BCUT2D eigenvalue weighted by Gasteiger charge is -2.16. The van der Waals surface area contributed by atoms with E-state index in [1.807, 2.05) is 13.8 Å². The van der Waals surface area contributed by atoms with Crippen LogP contribution in [0.4, 0.5) is 0 Å². The summed E-state index contributed by atoms with van der Waals surface area (Å²) in [6, 6.07) is 0. The lowest BCUT2D eigenvalue weighted by molar-refractivity contribution is -0.114. The summed E-state index contributed by atoms with van der Waals surface area (Å²) in [5.41, 5.74) is 5.41. The summed E-state index contributed by atoms with van der Waals surface area (Å²) in [6.45, 7) is 7.18. The van der Waals surface area contributed by atoms with E-state index < -0.39 is 0 Å². The van der Waals surface area contributed by atoms with Gasteiger partial charge in [0.2, 0.25) is 0 Å². The van der Waals surface area contributed by atoms with Gasteiger partial charge in [0.25, 0.3) is 0 Å². The van der Waals surface area contributed by atoms with Crippen molar-refractivity contribution < 1.29 is 4.79 Å². The molecule has 2 nitrogen and oxygen atoms in total. The van der Waals surface area contributed by atoms with Crippen LogP contribution in [0.3, 0.4) is 0 Å². The van der Waals surface area contributed by atoms with Gasteiger partial charge in [-0.15, -0.1) is 0 Å². The highest BCUT2D eigenvalue weighted by atomic mass is 16.1. The average molecular weight is 141 g/mol. The molecular formula is C8H15NO. The van der Waals surface area contributed by atoms with Gasteiger partial charge >= 0.3 is 0 Å². The fraction of sp³-hybridized carbons (Fsp3) is 0.625. The molecule has 0 radical (unpaired) electrons. The first-order chi connectivity index (χ1) is 4.45. The van der Waals surface area contributed by atoms with Crippen molar-refractivity contribution in [2.45, 2.75) is 32.2 Å². The first-order valence-corrected chi connectivity index (χ1v) is 3.40. The summed E-state index contributed by atoms with van der Waals surface area (Å²) in [6.07, 6.45) is 2.57. The third-order valence-corrected chi connectivity index (χ3v) is 1.24. The number of hydrogen-bond donors (Lipinski definition) is 1. The molecule has 2 N–H and O–H groups in total. The standard InChI is InChI=1S/C8H15NO/c1-4-7(10)5-6-8(2,3)9/h4H,1,5-6,9H2,2-3H3. The lowest BCUT2D eigenvalue weighted by atomic mass is 9.98. The summed E-state index contributed by atoms with van der Waals surface area (Å²) in [5.74, 6) is 0.0681. The largest absolute Gasteiger partial charge is 0.326 e. The molecule has 0 amide bonds. The maximum Gasteiger partial charge on any atom is 0.155 e. The smallest absolute Gasteiger partial charge is 0.155 e. The number of allylic oxidation sites excluding steroid dienone is 1. The molecular weight excluding hydrogens is 126 g/mol. The van der Waals surface area contributed by atoms with Gasteiger partial charge in [-0.3, -0.25) is 4.79 Å². The Morgan fingerprint density at radius 2 is 2.20 bits per heavy atom. The molecule has 0 aromatic rings. The van der Waals surface area contributed by atoms with Crippen LogP contribution in [-0.4, -0.2) is 11.3 Å². The maximum atomic E-state index is 10.7. The van der Waals surface area contributed by atoms with Crippen molar-refractivity contribution in [1.29, 1.82) is 0 Å². The monoisotopic (exact) mass is 141 g/mol. The summed E-state index contributed by atoms with van der Waals surface area (Å²) in [5, 5.41) is 0. The van der Waals surface area contributed by atoms with E-state index in [4.69, 9.17) is 5.73 Å². The number of ketones is 1. The first kappa shape index (κ1) is 9.37. The molecule has 0 spiro atoms. The van der Waals surface area contributed by atoms with E-state index in [9.17, 15) is 4.79 Å². The van der Waals surface area contributed by atoms with Crippen molar-refractivity contribution in [1.82, 2.24) is 0 Å². The van der Waals surface area contributed by atoms with Gasteiger partial charge in [-0.1, -0.05) is 6.58 Å². The van der Waals surface area contributed by atoms with E-state index >= 15 is 0 Å². The van der Waals surface area contributed by atoms with Crippen LogP contribution in [0.2, 0.25) is 0 Å². The highest BCUT2D eigenvalue weighted by Crippen LogP contribution is 2.06. The number of rotatable bonds is 4. The molecule has 0 atom stereocenters. The molecule has 10 heavy (non-hydrogen) atoms. The van der Waals surface area contributed by atoms with Crippen molar-refractivity contribution >= 4 is 5.78 Å². The molecule has 58 valence electrons. The zero-order valence-electron chi connectivity index (χ0n) is 6.68. The molecule has 0 saturated heterocycles. The fourth-order valence-electron chi connectivity index (χ4n) is 0.547. The zero-order chi connectivity index (χ0) is 8.20. The molecule has 0 aromatic heterocycles. The van der Waals surface area contributed by atoms with Gasteiger partial charge in [-0.25, -0.2) is 0 Å². The Balaban J connectivity index is 3.55. The Kier molecular flexibility index (Phi) is 3.30. The molecule has 2 heteroatoms. The normalized spacial score (nSPS) is 11.1. The van der Waals surface area contributed by atoms with Crippen LogP contribution in [0.1, 0.15) is 26.7 Å². The van der Waals surface area contributed by atoms with Crippen molar-refractivity contribution in [2.24, 2.45) is 5.73 Å². The van der Waals surface area contributed by atoms with Crippen molar-refractivity contribution in [3.05, 3.63) is 12.7 Å². The average Bonchev–Trinajstić information content (AvgIpc) is 1.81. The maximum absolute atomic E-state index is 10.7. The second-order valence-electron chi connectivity index (χ2n) is 3.16. The van der Waals surface area contributed by atoms with Crippen molar-refractivity contribution in [3.63, 3.8) is 0 Å². The molecule has 0 rings (SSSR count). The Morgan fingerprint density at radius 3 is 2.50 bits per heavy atom. The quantitative estimate of drug-likeness (QED) is 0.599. The third kappa shape index (κ3) is 5.51. The lowest BCUT2D eigenvalue weighted by Crippen LogP contribution is -2.32. The molecule has 0 aromatic carbocycles. The molecule has 0 bridgehead atoms. The minimum atomic E-state index is -0.237. The van der Waals surface area contributed by atoms with E-state index in [-0.39, 0.29) is 11.3 Å². The second kappa shape index (κ2) is 3.52. The van der Waals surface area contributed by atoms with Gasteiger partial charge in [0.1, 0.15) is 0 Å². The van der Waals surface area contributed by atoms with E-state index in [1.54, 1.807) is 0 Å². The molecule has 0 aliphatic rings. The molecule has 0 aliphatic carbocycles. The highest BCUT2D eigenvalue weighted by molar-refractivity contribution is 5.89. The van der Waals surface area contributed by atoms with Crippen LogP contribution in [0, 0.1) is 0 Å². The predicted molar refractivity (Wildman–Crippen MR) is 42.7 cm³/mol. The van der Waals surface area contributed by atoms with Gasteiger partial charge < -0.3 is 5.73 Å². The van der Waals surface area contributed by atoms with Crippen LogP contribution in [-0.2, 0) is 4.79 Å². The molecule has 0 unspecified atom stereocenters. The number of nitrogens with two attached hydrogens (primary N) is 1. The molecule has 0 fully saturated rings. The Bertz CT molecular complexity index is 133. The third-order valence-electron chi connectivity index (χ3n) is 1.24. The Hall–Kier alpha value is -0.630. The molecule has 0 saturated carbocycles. The second-order valence-corrected chi connectivity index (χ2v) is 3.16. The van der Waals surface area contributed by atoms with Gasteiger partial charge in [0.05, 0.1) is 0 Å². The molecule has 0 heterocycles. The highest BCUT2D eigenvalue weighted by Gasteiger charge is 2.11. The van der Waals surface area contributed by atoms with E-state index in [2.05, 4.69) is 6.58 Å². The number of carbonyl (C=O) groups excluding carboxylic acids is 1. The summed E-state index contributed by atoms with van der Waals surface area (Å²) in [7, 11) is 0. The number of carbonyl (C=O) groups is 1. The van der Waals surface area contributed by atoms with Crippen LogP contribution < -0.4 is 5.73 Å². The van der Waals surface area contributed by atoms with Crippen LogP contribution in [0.15, 0.2) is 12.7 Å². The van der Waals surface area contributed by atoms with Gasteiger partial charge in [0.15, 0.2) is 5.78 Å². The van der Waals surface area contributed by atoms with Crippen molar-refractivity contribution in [3.8, 4) is 0 Å². The van der Waals surface area contributed by atoms with E-state index in [0.717, 1.165) is 6.42 Å². The minimum Gasteiger partial charge on any atom is -0.326 e. The van der Waals surface area contributed by atoms with E-state index in [1.165, 1.54) is 6.08 Å². The van der Waals surface area contributed by atoms with Crippen LogP contribution in [0.5, 0.6) is 0 Å². The van der Waals surface area contributed by atoms with Crippen LogP contribution >= 0.6 is 0 Å². The topological polar surface area (TPSA) is 43.1 Å². The van der Waals surface area contributed by atoms with Crippen molar-refractivity contribution in [2.75, 3.05) is 0 Å². The van der Waals surface area contributed by atoms with Gasteiger partial charge in [-0.05, 0) is 26.3 Å². The summed E-state index contributed by atoms with van der Waals surface area (Å²) < 4.78 is 0. The summed E-state index contributed by atoms with van der Waals surface area (Å²) >= 11 is 0. The SMILES string of the molecule is C=CC(=O)CCC(C)(C)N. The minimum absolute atomic E-state index is 0.0681. The first-order valence-electron chi connectivity index (χ1n) is 3.40. The predicted octanol–water partition coefficient (Wildman–Crippen LogP) is 1.26. The summed E-state index contributed by atoms with van der Waals surface area (Å²) in [4.78, 5) is 10.7. The number of hydrogen-bond acceptors (Lipinski definition) is 2. The van der Waals surface area contributed by atoms with Gasteiger partial charge in [0, 0.05) is 12.0 Å². The fourth-order valence-corrected chi connectivity index (χ4v) is 0.547. The van der Waals surface area contributed by atoms with Gasteiger partial charge in [-0.2, -0.15) is 0 Å². The zero-order valence-corrected chi connectivity index (χ0v) is 6.68. The van der Waals surface area contributed by atoms with Crippen LogP contribution in [0.25, 0.3) is 0 Å².